The Morgan fingerprint density at radius 1 is 1.16 bits per heavy atom. The van der Waals surface area contributed by atoms with Gasteiger partial charge in [0.05, 0.1) is 17.2 Å². The Morgan fingerprint density at radius 2 is 1.90 bits per heavy atom. The quantitative estimate of drug-likeness (QED) is 0.307. The fourth-order valence-electron chi connectivity index (χ4n) is 2.55. The summed E-state index contributed by atoms with van der Waals surface area (Å²) in [6.45, 7) is 0.396. The van der Waals surface area contributed by atoms with Gasteiger partial charge >= 0.3 is 0 Å². The smallest absolute Gasteiger partial charge is 0.300 e. The summed E-state index contributed by atoms with van der Waals surface area (Å²) < 4.78 is 43.8. The molecule has 12 heteroatoms. The maximum absolute atomic E-state index is 12.7. The summed E-state index contributed by atoms with van der Waals surface area (Å²) in [7, 11) is -3.02. The van der Waals surface area contributed by atoms with E-state index in [-0.39, 0.29) is 36.0 Å². The molecular formula is C19H17N5O6S. The van der Waals surface area contributed by atoms with Gasteiger partial charge < -0.3 is 9.47 Å². The van der Waals surface area contributed by atoms with Crippen LogP contribution >= 0.6 is 0 Å². The summed E-state index contributed by atoms with van der Waals surface area (Å²) in [5.74, 6) is 0.144. The Bertz CT molecular complexity index is 1310. The topological polar surface area (TPSA) is 159 Å². The summed E-state index contributed by atoms with van der Waals surface area (Å²) in [6.07, 6.45) is 0. The second-order valence-corrected chi connectivity index (χ2v) is 7.49. The number of nitrogens with zero attached hydrogens (tertiary/aromatic N) is 4. The maximum Gasteiger partial charge on any atom is 0.300 e. The minimum absolute atomic E-state index is 0.0676. The van der Waals surface area contributed by atoms with Gasteiger partial charge in [0.15, 0.2) is 11.4 Å². The number of hydrogen-bond acceptors (Lipinski definition) is 8. The van der Waals surface area contributed by atoms with Gasteiger partial charge in [-0.1, -0.05) is 18.2 Å². The lowest BCUT2D eigenvalue weighted by Crippen LogP contribution is -2.13. The van der Waals surface area contributed by atoms with Gasteiger partial charge in [0.2, 0.25) is 0 Å². The average Bonchev–Trinajstić information content (AvgIpc) is 3.08. The molecule has 2 N–H and O–H groups in total. The number of methoxy groups -OCH3 is 1. The van der Waals surface area contributed by atoms with E-state index >= 15 is 0 Å². The molecule has 1 heterocycles. The summed E-state index contributed by atoms with van der Waals surface area (Å²) >= 11 is 0. The van der Waals surface area contributed by atoms with Crippen LogP contribution in [0.5, 0.6) is 5.75 Å². The fraction of sp³-hybridized carbons (Fsp3) is 0.158. The highest BCUT2D eigenvalue weighted by atomic mass is 32.2. The zero-order valence-corrected chi connectivity index (χ0v) is 17.0. The van der Waals surface area contributed by atoms with Crippen molar-refractivity contribution in [2.75, 3.05) is 20.3 Å². The third-order valence-electron chi connectivity index (χ3n) is 4.02. The van der Waals surface area contributed by atoms with E-state index in [0.29, 0.717) is 5.69 Å². The molecule has 0 aliphatic carbocycles. The van der Waals surface area contributed by atoms with Crippen LogP contribution in [0.25, 0.3) is 5.69 Å². The van der Waals surface area contributed by atoms with Crippen molar-refractivity contribution in [3.8, 4) is 17.5 Å². The normalized spacial score (nSPS) is 11.5. The van der Waals surface area contributed by atoms with Crippen molar-refractivity contribution in [2.24, 2.45) is 10.2 Å². The van der Waals surface area contributed by atoms with E-state index < -0.39 is 20.6 Å². The standard InChI is InChI=1S/C19H17N5O6S/c1-29-9-10-30-17-8-7-14(31(26,27)28)11-15(17)21-22-18-16(12-20)23-24(19(18)25)13-5-3-2-4-6-13/h2-8,11,23H,9-10H2,1H3,(H,26,27,28). The van der Waals surface area contributed by atoms with Crippen LogP contribution in [0.1, 0.15) is 5.69 Å². The Balaban J connectivity index is 2.05. The molecule has 2 aromatic carbocycles. The molecule has 0 amide bonds. The van der Waals surface area contributed by atoms with Crippen LogP contribution in [-0.4, -0.2) is 43.1 Å². The molecule has 0 fully saturated rings. The van der Waals surface area contributed by atoms with Crippen molar-refractivity contribution < 1.29 is 22.4 Å². The van der Waals surface area contributed by atoms with E-state index in [9.17, 15) is 23.0 Å². The van der Waals surface area contributed by atoms with Crippen molar-refractivity contribution in [2.45, 2.75) is 4.90 Å². The summed E-state index contributed by atoms with van der Waals surface area (Å²) in [5, 5.41) is 19.8. The monoisotopic (exact) mass is 443 g/mol. The van der Waals surface area contributed by atoms with Crippen LogP contribution in [0.4, 0.5) is 11.4 Å². The molecule has 0 radical (unpaired) electrons. The molecule has 0 atom stereocenters. The zero-order chi connectivity index (χ0) is 22.4. The fourth-order valence-corrected chi connectivity index (χ4v) is 3.06. The molecule has 31 heavy (non-hydrogen) atoms. The lowest BCUT2D eigenvalue weighted by atomic mass is 10.3. The lowest BCUT2D eigenvalue weighted by Gasteiger charge is -2.08. The predicted molar refractivity (Wildman–Crippen MR) is 109 cm³/mol. The molecule has 0 aliphatic heterocycles. The number of nitrogens with one attached hydrogen (secondary N) is 1. The number of rotatable bonds is 8. The molecule has 0 spiro atoms. The zero-order valence-electron chi connectivity index (χ0n) is 16.2. The highest BCUT2D eigenvalue weighted by Gasteiger charge is 2.17. The minimum atomic E-state index is -4.51. The lowest BCUT2D eigenvalue weighted by molar-refractivity contribution is 0.146. The second kappa shape index (κ2) is 9.35. The average molecular weight is 443 g/mol. The maximum atomic E-state index is 12.7. The number of ether oxygens (including phenoxy) is 2. The second-order valence-electron chi connectivity index (χ2n) is 6.07. The van der Waals surface area contributed by atoms with Gasteiger partial charge in [-0.3, -0.25) is 14.4 Å². The van der Waals surface area contributed by atoms with E-state index in [1.165, 1.54) is 13.2 Å². The molecule has 160 valence electrons. The van der Waals surface area contributed by atoms with Gasteiger partial charge in [-0.25, -0.2) is 4.68 Å². The van der Waals surface area contributed by atoms with Gasteiger partial charge in [-0.15, -0.1) is 10.2 Å². The van der Waals surface area contributed by atoms with E-state index in [1.807, 2.05) is 6.07 Å². The van der Waals surface area contributed by atoms with E-state index in [0.717, 1.165) is 16.8 Å². The number of hydrogen-bond donors (Lipinski definition) is 2. The highest BCUT2D eigenvalue weighted by Crippen LogP contribution is 2.32. The Labute approximate surface area is 176 Å². The molecule has 11 nitrogen and oxygen atoms in total. The SMILES string of the molecule is COCCOc1ccc(S(=O)(=O)O)cc1N=Nc1c(C#N)[nH]n(-c2ccccc2)c1=O. The van der Waals surface area contributed by atoms with Crippen molar-refractivity contribution in [3.05, 3.63) is 64.6 Å². The number of benzene rings is 2. The molecule has 0 aliphatic rings. The first kappa shape index (κ1) is 21.9. The number of H-pyrrole nitrogens is 1. The molecule has 3 aromatic rings. The van der Waals surface area contributed by atoms with Crippen molar-refractivity contribution in [1.82, 2.24) is 9.78 Å². The number of azo groups is 1. The minimum Gasteiger partial charge on any atom is -0.489 e. The largest absolute Gasteiger partial charge is 0.489 e. The summed E-state index contributed by atoms with van der Waals surface area (Å²) in [4.78, 5) is 12.3. The third kappa shape index (κ3) is 5.04. The molecule has 0 bridgehead atoms. The first-order valence-corrected chi connectivity index (χ1v) is 10.2. The van der Waals surface area contributed by atoms with Crippen molar-refractivity contribution in [3.63, 3.8) is 0 Å². The van der Waals surface area contributed by atoms with Crippen LogP contribution in [0.15, 0.2) is 68.4 Å². The van der Waals surface area contributed by atoms with Gasteiger partial charge in [-0.2, -0.15) is 13.7 Å². The van der Waals surface area contributed by atoms with Crippen molar-refractivity contribution in [1.29, 1.82) is 5.26 Å². The highest BCUT2D eigenvalue weighted by molar-refractivity contribution is 7.85. The number of aromatic nitrogens is 2. The molecule has 3 rings (SSSR count). The Hall–Kier alpha value is -3.79. The molecule has 0 saturated carbocycles. The molecular weight excluding hydrogens is 426 g/mol. The van der Waals surface area contributed by atoms with Gasteiger partial charge in [0, 0.05) is 7.11 Å². The van der Waals surface area contributed by atoms with E-state index in [2.05, 4.69) is 15.3 Å². The van der Waals surface area contributed by atoms with Crippen LogP contribution in [-0.2, 0) is 14.9 Å². The van der Waals surface area contributed by atoms with E-state index in [1.54, 1.807) is 30.3 Å². The third-order valence-corrected chi connectivity index (χ3v) is 4.87. The van der Waals surface area contributed by atoms with Gasteiger partial charge in [-0.05, 0) is 30.3 Å². The number of nitriles is 1. The van der Waals surface area contributed by atoms with Gasteiger partial charge in [0.1, 0.15) is 24.1 Å². The molecule has 0 saturated heterocycles. The van der Waals surface area contributed by atoms with Crippen LogP contribution in [0, 0.1) is 11.3 Å². The number of para-hydroxylation sites is 1. The first-order chi connectivity index (χ1) is 14.8. The summed E-state index contributed by atoms with van der Waals surface area (Å²) in [6, 6.07) is 13.8. The van der Waals surface area contributed by atoms with Crippen LogP contribution < -0.4 is 10.3 Å². The Kier molecular flexibility index (Phi) is 6.61. The first-order valence-electron chi connectivity index (χ1n) is 8.80. The van der Waals surface area contributed by atoms with Crippen LogP contribution in [0.3, 0.4) is 0 Å². The summed E-state index contributed by atoms with van der Waals surface area (Å²) in [5.41, 5.74) is -0.611. The predicted octanol–water partition coefficient (Wildman–Crippen LogP) is 2.72. The Morgan fingerprint density at radius 3 is 2.55 bits per heavy atom. The molecule has 1 aromatic heterocycles. The van der Waals surface area contributed by atoms with Crippen LogP contribution in [0.2, 0.25) is 0 Å². The number of aromatic amines is 1. The van der Waals surface area contributed by atoms with Crippen molar-refractivity contribution >= 4 is 21.5 Å². The van der Waals surface area contributed by atoms with E-state index in [4.69, 9.17) is 9.47 Å². The molecule has 0 unspecified atom stereocenters. The van der Waals surface area contributed by atoms with Gasteiger partial charge in [0.25, 0.3) is 15.7 Å².